The van der Waals surface area contributed by atoms with Gasteiger partial charge in [0.15, 0.2) is 0 Å². The van der Waals surface area contributed by atoms with Crippen LogP contribution < -0.4 is 16.4 Å². The molecule has 1 fully saturated rings. The first-order chi connectivity index (χ1) is 8.75. The van der Waals surface area contributed by atoms with E-state index in [9.17, 15) is 4.79 Å². The molecule has 5 nitrogen and oxygen atoms in total. The van der Waals surface area contributed by atoms with E-state index in [1.54, 1.807) is 0 Å². The Morgan fingerprint density at radius 1 is 1.28 bits per heavy atom. The second-order valence-corrected chi connectivity index (χ2v) is 4.87. The van der Waals surface area contributed by atoms with Crippen LogP contribution >= 0.6 is 0 Å². The molecule has 0 spiro atoms. The minimum atomic E-state index is -0.0794. The van der Waals surface area contributed by atoms with Gasteiger partial charge in [-0.3, -0.25) is 9.69 Å². The zero-order chi connectivity index (χ0) is 12.5. The number of nitrogens with zero attached hydrogens (tertiary/aromatic N) is 1. The van der Waals surface area contributed by atoms with E-state index in [1.165, 1.54) is 0 Å². The maximum Gasteiger partial charge on any atom is 0.242 e. The molecule has 1 atom stereocenters. The summed E-state index contributed by atoms with van der Waals surface area (Å²) in [6, 6.07) is 5.60. The van der Waals surface area contributed by atoms with Crippen LogP contribution in [-0.4, -0.2) is 43.0 Å². The lowest BCUT2D eigenvalue weighted by Gasteiger charge is -2.37. The molecule has 18 heavy (non-hydrogen) atoms. The highest BCUT2D eigenvalue weighted by molar-refractivity contribution is 5.99. The fraction of sp³-hybridized carbons (Fsp3) is 0.462. The molecule has 96 valence electrons. The van der Waals surface area contributed by atoms with Crippen LogP contribution in [0.1, 0.15) is 5.56 Å². The van der Waals surface area contributed by atoms with Gasteiger partial charge in [-0.2, -0.15) is 0 Å². The molecule has 0 radical (unpaired) electrons. The summed E-state index contributed by atoms with van der Waals surface area (Å²) in [6.45, 7) is 3.72. The summed E-state index contributed by atoms with van der Waals surface area (Å²) in [7, 11) is 0. The predicted molar refractivity (Wildman–Crippen MR) is 71.4 cm³/mol. The van der Waals surface area contributed by atoms with Crippen molar-refractivity contribution in [3.8, 4) is 0 Å². The highest BCUT2D eigenvalue weighted by Crippen LogP contribution is 2.29. The zero-order valence-corrected chi connectivity index (χ0v) is 10.3. The number of carbonyl (C=O) groups is 1. The van der Waals surface area contributed by atoms with Crippen LogP contribution in [0.5, 0.6) is 0 Å². The number of anilines is 2. The molecule has 0 saturated carbocycles. The van der Waals surface area contributed by atoms with Crippen LogP contribution in [0.2, 0.25) is 0 Å². The second kappa shape index (κ2) is 4.59. The minimum Gasteiger partial charge on any atom is -0.398 e. The summed E-state index contributed by atoms with van der Waals surface area (Å²) in [6.07, 6.45) is 0.716. The molecule has 2 aliphatic heterocycles. The molecule has 0 aromatic heterocycles. The van der Waals surface area contributed by atoms with E-state index in [4.69, 9.17) is 5.73 Å². The first kappa shape index (κ1) is 11.5. The lowest BCUT2D eigenvalue weighted by atomic mass is 9.96. The summed E-state index contributed by atoms with van der Waals surface area (Å²) in [4.78, 5) is 14.4. The van der Waals surface area contributed by atoms with Gasteiger partial charge >= 0.3 is 0 Å². The van der Waals surface area contributed by atoms with Crippen LogP contribution in [0.25, 0.3) is 0 Å². The van der Waals surface area contributed by atoms with Gasteiger partial charge in [0.2, 0.25) is 5.91 Å². The third kappa shape index (κ3) is 1.95. The number of hydrogen-bond donors (Lipinski definition) is 3. The molecule has 2 heterocycles. The van der Waals surface area contributed by atoms with Crippen LogP contribution in [0, 0.1) is 0 Å². The molecule has 1 aromatic rings. The molecule has 4 N–H and O–H groups in total. The average molecular weight is 246 g/mol. The Balaban J connectivity index is 1.86. The van der Waals surface area contributed by atoms with E-state index in [1.807, 2.05) is 18.2 Å². The fourth-order valence-electron chi connectivity index (χ4n) is 2.74. The first-order valence-electron chi connectivity index (χ1n) is 6.39. The van der Waals surface area contributed by atoms with Crippen molar-refractivity contribution in [3.63, 3.8) is 0 Å². The van der Waals surface area contributed by atoms with Gasteiger partial charge in [-0.25, -0.2) is 0 Å². The van der Waals surface area contributed by atoms with Gasteiger partial charge in [0, 0.05) is 49.5 Å². The van der Waals surface area contributed by atoms with Gasteiger partial charge in [-0.1, -0.05) is 6.07 Å². The second-order valence-electron chi connectivity index (χ2n) is 4.87. The summed E-state index contributed by atoms with van der Waals surface area (Å²) < 4.78 is 0. The number of benzene rings is 1. The lowest BCUT2D eigenvalue weighted by Crippen LogP contribution is -2.54. The summed E-state index contributed by atoms with van der Waals surface area (Å²) in [5.41, 5.74) is 8.70. The van der Waals surface area contributed by atoms with Crippen molar-refractivity contribution >= 4 is 17.3 Å². The van der Waals surface area contributed by atoms with Gasteiger partial charge in [-0.05, 0) is 12.1 Å². The number of rotatable bonds is 1. The maximum absolute atomic E-state index is 12.2. The number of nitrogen functional groups attached to an aromatic ring is 1. The summed E-state index contributed by atoms with van der Waals surface area (Å²) in [5, 5.41) is 6.27. The van der Waals surface area contributed by atoms with Crippen molar-refractivity contribution < 1.29 is 4.79 Å². The average Bonchev–Trinajstić information content (AvgIpc) is 2.39. The number of piperazine rings is 1. The Bertz CT molecular complexity index is 468. The van der Waals surface area contributed by atoms with E-state index in [2.05, 4.69) is 15.5 Å². The quantitative estimate of drug-likeness (QED) is 0.612. The van der Waals surface area contributed by atoms with Crippen molar-refractivity contribution in [3.05, 3.63) is 23.8 Å². The summed E-state index contributed by atoms with van der Waals surface area (Å²) in [5.74, 6) is 0.0926. The molecule has 5 heteroatoms. The van der Waals surface area contributed by atoms with Gasteiger partial charge < -0.3 is 16.4 Å². The minimum absolute atomic E-state index is 0.0794. The molecule has 0 bridgehead atoms. The third-order valence-electron chi connectivity index (χ3n) is 3.76. The Hall–Kier alpha value is -1.59. The molecule has 1 saturated heterocycles. The first-order valence-corrected chi connectivity index (χ1v) is 6.39. The van der Waals surface area contributed by atoms with Crippen molar-refractivity contribution in [2.75, 3.05) is 37.2 Å². The van der Waals surface area contributed by atoms with E-state index < -0.39 is 0 Å². The summed E-state index contributed by atoms with van der Waals surface area (Å²) >= 11 is 0. The maximum atomic E-state index is 12.2. The molecule has 1 aromatic carbocycles. The zero-order valence-electron chi connectivity index (χ0n) is 10.3. The Labute approximate surface area is 106 Å². The highest BCUT2D eigenvalue weighted by atomic mass is 16.2. The Morgan fingerprint density at radius 2 is 2.06 bits per heavy atom. The van der Waals surface area contributed by atoms with Gasteiger partial charge in [0.1, 0.15) is 0 Å². The number of nitrogens with one attached hydrogen (secondary N) is 2. The lowest BCUT2D eigenvalue weighted by molar-refractivity contribution is -0.121. The standard InChI is InChI=1S/C13H18N4O/c14-10-2-1-3-11-9(10)8-12(13(18)16-11)17-6-4-15-5-7-17/h1-3,12,15H,4-8,14H2,(H,16,18). The predicted octanol–water partition coefficient (Wildman–Crippen LogP) is 0.0372. The molecular formula is C13H18N4O. The Morgan fingerprint density at radius 3 is 2.83 bits per heavy atom. The van der Waals surface area contributed by atoms with Crippen molar-refractivity contribution in [1.82, 2.24) is 10.2 Å². The molecule has 0 aliphatic carbocycles. The largest absolute Gasteiger partial charge is 0.398 e. The number of nitrogens with two attached hydrogens (primary N) is 1. The molecular weight excluding hydrogens is 228 g/mol. The van der Waals surface area contributed by atoms with Crippen molar-refractivity contribution in [1.29, 1.82) is 0 Å². The van der Waals surface area contributed by atoms with E-state index >= 15 is 0 Å². The van der Waals surface area contributed by atoms with Crippen molar-refractivity contribution in [2.24, 2.45) is 0 Å². The van der Waals surface area contributed by atoms with Crippen LogP contribution in [-0.2, 0) is 11.2 Å². The Kier molecular flexibility index (Phi) is 2.93. The van der Waals surface area contributed by atoms with Gasteiger partial charge in [-0.15, -0.1) is 0 Å². The normalized spacial score (nSPS) is 24.4. The van der Waals surface area contributed by atoms with Crippen molar-refractivity contribution in [2.45, 2.75) is 12.5 Å². The van der Waals surface area contributed by atoms with Gasteiger partial charge in [0.05, 0.1) is 6.04 Å². The molecule has 3 rings (SSSR count). The van der Waals surface area contributed by atoms with Crippen LogP contribution in [0.15, 0.2) is 18.2 Å². The molecule has 1 unspecified atom stereocenters. The van der Waals surface area contributed by atoms with Gasteiger partial charge in [0.25, 0.3) is 0 Å². The van der Waals surface area contributed by atoms with E-state index in [0.29, 0.717) is 6.42 Å². The monoisotopic (exact) mass is 246 g/mol. The fourth-order valence-corrected chi connectivity index (χ4v) is 2.74. The van der Waals surface area contributed by atoms with Crippen LogP contribution in [0.3, 0.4) is 0 Å². The number of carbonyl (C=O) groups excluding carboxylic acids is 1. The van der Waals surface area contributed by atoms with E-state index in [0.717, 1.165) is 43.1 Å². The highest BCUT2D eigenvalue weighted by Gasteiger charge is 2.32. The number of amides is 1. The smallest absolute Gasteiger partial charge is 0.242 e. The number of hydrogen-bond acceptors (Lipinski definition) is 4. The molecule has 1 amide bonds. The van der Waals surface area contributed by atoms with Crippen LogP contribution in [0.4, 0.5) is 11.4 Å². The molecule has 2 aliphatic rings. The third-order valence-corrected chi connectivity index (χ3v) is 3.76. The van der Waals surface area contributed by atoms with E-state index in [-0.39, 0.29) is 11.9 Å². The number of fused-ring (bicyclic) bond motifs is 1. The SMILES string of the molecule is Nc1cccc2c1CC(N1CCNCC1)C(=O)N2. The topological polar surface area (TPSA) is 70.4 Å².